The molecule has 0 unspecified atom stereocenters. The molecule has 118 valence electrons. The third-order valence-electron chi connectivity index (χ3n) is 2.84. The smallest absolute Gasteiger partial charge is 0.374 e. The number of benzene rings is 1. The maximum absolute atomic E-state index is 11.4. The summed E-state index contributed by atoms with van der Waals surface area (Å²) in [5.74, 6) is 0.639. The van der Waals surface area contributed by atoms with Gasteiger partial charge in [-0.1, -0.05) is 24.9 Å². The molecule has 1 heterocycles. The summed E-state index contributed by atoms with van der Waals surface area (Å²) in [6.45, 7) is 2.67. The molecule has 0 saturated heterocycles. The first-order valence-electron chi connectivity index (χ1n) is 6.92. The Balaban J connectivity index is 2.15. The predicted molar refractivity (Wildman–Crippen MR) is 82.0 cm³/mol. The minimum atomic E-state index is -0.569. The first-order valence-corrected chi connectivity index (χ1v) is 7.30. The highest BCUT2D eigenvalue weighted by Gasteiger charge is 2.14. The number of methoxy groups -OCH3 is 1. The Morgan fingerprint density at radius 2 is 2.05 bits per heavy atom. The van der Waals surface area contributed by atoms with Crippen LogP contribution >= 0.6 is 11.6 Å². The minimum Gasteiger partial charge on any atom is -0.490 e. The Hall–Kier alpha value is -2.14. The van der Waals surface area contributed by atoms with Crippen molar-refractivity contribution in [3.05, 3.63) is 41.1 Å². The van der Waals surface area contributed by atoms with Crippen molar-refractivity contribution < 1.29 is 23.4 Å². The molecule has 0 atom stereocenters. The lowest BCUT2D eigenvalue weighted by molar-refractivity contribution is 0.0560. The highest BCUT2D eigenvalue weighted by molar-refractivity contribution is 6.30. The average molecular weight is 325 g/mol. The van der Waals surface area contributed by atoms with Gasteiger partial charge in [-0.3, -0.25) is 0 Å². The molecule has 1 aromatic heterocycles. The molecule has 0 saturated carbocycles. The van der Waals surface area contributed by atoms with Crippen LogP contribution in [0.15, 0.2) is 34.7 Å². The maximum atomic E-state index is 11.4. The van der Waals surface area contributed by atoms with Crippen molar-refractivity contribution in [3.63, 3.8) is 0 Å². The number of esters is 1. The first kappa shape index (κ1) is 16.2. The van der Waals surface area contributed by atoms with Crippen LogP contribution in [0.1, 0.15) is 30.3 Å². The number of hydrogen-bond acceptors (Lipinski definition) is 5. The molecule has 1 aromatic carbocycles. The number of carbonyl (C=O) groups is 1. The van der Waals surface area contributed by atoms with Crippen molar-refractivity contribution in [2.24, 2.45) is 0 Å². The second kappa shape index (κ2) is 7.75. The monoisotopic (exact) mass is 324 g/mol. The van der Waals surface area contributed by atoms with E-state index in [1.807, 2.05) is 0 Å². The standard InChI is InChI=1S/C16H17ClO5/c1-3-4-9-20-12-6-5-11(17)10-14(12)22-15-8-7-13(21-15)16(18)19-2/h5-8,10H,3-4,9H2,1-2H3. The van der Waals surface area contributed by atoms with E-state index in [4.69, 9.17) is 25.5 Å². The van der Waals surface area contributed by atoms with Crippen LogP contribution in [-0.2, 0) is 4.74 Å². The summed E-state index contributed by atoms with van der Waals surface area (Å²) in [6, 6.07) is 8.09. The molecule has 0 radical (unpaired) electrons. The number of unbranched alkanes of at least 4 members (excludes halogenated alkanes) is 1. The number of rotatable bonds is 7. The first-order chi connectivity index (χ1) is 10.6. The third kappa shape index (κ3) is 4.18. The van der Waals surface area contributed by atoms with Gasteiger partial charge in [-0.2, -0.15) is 0 Å². The van der Waals surface area contributed by atoms with Gasteiger partial charge in [-0.15, -0.1) is 0 Å². The van der Waals surface area contributed by atoms with Crippen molar-refractivity contribution >= 4 is 17.6 Å². The number of carbonyl (C=O) groups excluding carboxylic acids is 1. The summed E-state index contributed by atoms with van der Waals surface area (Å²) < 4.78 is 21.1. The van der Waals surface area contributed by atoms with Gasteiger partial charge in [0.15, 0.2) is 11.5 Å². The predicted octanol–water partition coefficient (Wildman–Crippen LogP) is 4.69. The molecule has 0 N–H and O–H groups in total. The number of ether oxygens (including phenoxy) is 3. The van der Waals surface area contributed by atoms with Crippen LogP contribution in [0.2, 0.25) is 5.02 Å². The van der Waals surface area contributed by atoms with Gasteiger partial charge in [0.05, 0.1) is 13.7 Å². The SMILES string of the molecule is CCCCOc1ccc(Cl)cc1Oc1ccc(C(=O)OC)o1. The maximum Gasteiger partial charge on any atom is 0.374 e. The molecule has 22 heavy (non-hydrogen) atoms. The largest absolute Gasteiger partial charge is 0.490 e. The van der Waals surface area contributed by atoms with Crippen LogP contribution in [0.25, 0.3) is 0 Å². The zero-order valence-electron chi connectivity index (χ0n) is 12.4. The van der Waals surface area contributed by atoms with Gasteiger partial charge in [0, 0.05) is 17.2 Å². The molecule has 0 fully saturated rings. The van der Waals surface area contributed by atoms with Crippen LogP contribution in [0.3, 0.4) is 0 Å². The van der Waals surface area contributed by atoms with E-state index in [1.54, 1.807) is 18.2 Å². The number of hydrogen-bond donors (Lipinski definition) is 0. The summed E-state index contributed by atoms with van der Waals surface area (Å²) in [6.07, 6.45) is 1.97. The molecule has 2 rings (SSSR count). The van der Waals surface area contributed by atoms with Gasteiger partial charge >= 0.3 is 5.97 Å². The Labute approximate surface area is 133 Å². The Morgan fingerprint density at radius 1 is 1.23 bits per heavy atom. The molecule has 0 amide bonds. The second-order valence-corrected chi connectivity index (χ2v) is 4.94. The van der Waals surface area contributed by atoms with E-state index in [0.29, 0.717) is 23.1 Å². The number of furan rings is 1. The van der Waals surface area contributed by atoms with Crippen LogP contribution in [0, 0.1) is 0 Å². The lowest BCUT2D eigenvalue weighted by Gasteiger charge is -2.11. The lowest BCUT2D eigenvalue weighted by atomic mass is 10.3. The summed E-state index contributed by atoms with van der Waals surface area (Å²) in [7, 11) is 1.28. The van der Waals surface area contributed by atoms with Gasteiger partial charge in [-0.25, -0.2) is 4.79 Å². The fraction of sp³-hybridized carbons (Fsp3) is 0.312. The van der Waals surface area contributed by atoms with Crippen molar-refractivity contribution in [3.8, 4) is 17.4 Å². The molecule has 6 heteroatoms. The summed E-state index contributed by atoms with van der Waals surface area (Å²) in [4.78, 5) is 11.4. The molecule has 2 aromatic rings. The Bertz CT molecular complexity index is 635. The highest BCUT2D eigenvalue weighted by Crippen LogP contribution is 2.35. The molecule has 0 aliphatic carbocycles. The molecule has 5 nitrogen and oxygen atoms in total. The van der Waals surface area contributed by atoms with Crippen LogP contribution < -0.4 is 9.47 Å². The van der Waals surface area contributed by atoms with E-state index in [1.165, 1.54) is 19.2 Å². The molecule has 0 aliphatic rings. The Kier molecular flexibility index (Phi) is 5.72. The molecule has 0 spiro atoms. The quantitative estimate of drug-likeness (QED) is 0.546. The van der Waals surface area contributed by atoms with Crippen LogP contribution in [0.5, 0.6) is 17.4 Å². The van der Waals surface area contributed by atoms with E-state index in [9.17, 15) is 4.79 Å². The fourth-order valence-corrected chi connectivity index (χ4v) is 1.86. The van der Waals surface area contributed by atoms with Crippen molar-refractivity contribution in [1.82, 2.24) is 0 Å². The normalized spacial score (nSPS) is 10.3. The zero-order valence-corrected chi connectivity index (χ0v) is 13.2. The van der Waals surface area contributed by atoms with Crippen LogP contribution in [0.4, 0.5) is 0 Å². The topological polar surface area (TPSA) is 57.9 Å². The van der Waals surface area contributed by atoms with E-state index in [0.717, 1.165) is 12.8 Å². The van der Waals surface area contributed by atoms with Gasteiger partial charge in [0.1, 0.15) is 0 Å². The minimum absolute atomic E-state index is 0.0629. The zero-order chi connectivity index (χ0) is 15.9. The third-order valence-corrected chi connectivity index (χ3v) is 3.07. The van der Waals surface area contributed by atoms with E-state index in [2.05, 4.69) is 11.7 Å². The van der Waals surface area contributed by atoms with Gasteiger partial charge in [0.25, 0.3) is 5.95 Å². The number of halogens is 1. The van der Waals surface area contributed by atoms with Crippen molar-refractivity contribution in [2.45, 2.75) is 19.8 Å². The second-order valence-electron chi connectivity index (χ2n) is 4.51. The Morgan fingerprint density at radius 3 is 2.77 bits per heavy atom. The van der Waals surface area contributed by atoms with Gasteiger partial charge in [-0.05, 0) is 24.6 Å². The molecule has 0 aliphatic heterocycles. The highest BCUT2D eigenvalue weighted by atomic mass is 35.5. The van der Waals surface area contributed by atoms with E-state index < -0.39 is 5.97 Å². The fourth-order valence-electron chi connectivity index (χ4n) is 1.70. The van der Waals surface area contributed by atoms with Gasteiger partial charge in [0.2, 0.25) is 5.76 Å². The summed E-state index contributed by atoms with van der Waals surface area (Å²) in [5.41, 5.74) is 0. The van der Waals surface area contributed by atoms with Crippen LogP contribution in [-0.4, -0.2) is 19.7 Å². The molecular formula is C16H17ClO5. The summed E-state index contributed by atoms with van der Waals surface area (Å²) in [5, 5.41) is 0.512. The molecular weight excluding hydrogens is 308 g/mol. The van der Waals surface area contributed by atoms with Crippen molar-refractivity contribution in [2.75, 3.05) is 13.7 Å². The van der Waals surface area contributed by atoms with E-state index in [-0.39, 0.29) is 11.7 Å². The lowest BCUT2D eigenvalue weighted by Crippen LogP contribution is -1.99. The van der Waals surface area contributed by atoms with Crippen molar-refractivity contribution in [1.29, 1.82) is 0 Å². The van der Waals surface area contributed by atoms with E-state index >= 15 is 0 Å². The summed E-state index contributed by atoms with van der Waals surface area (Å²) >= 11 is 5.98. The van der Waals surface area contributed by atoms with Gasteiger partial charge < -0.3 is 18.6 Å². The molecule has 0 bridgehead atoms. The average Bonchev–Trinajstić information content (AvgIpc) is 2.97.